The third kappa shape index (κ3) is 4.07. The van der Waals surface area contributed by atoms with Gasteiger partial charge in [0.15, 0.2) is 0 Å². The lowest BCUT2D eigenvalue weighted by Gasteiger charge is -2.26. The third-order valence-corrected chi connectivity index (χ3v) is 3.88. The van der Waals surface area contributed by atoms with Crippen molar-refractivity contribution < 1.29 is 9.47 Å². The molecule has 1 aromatic rings. The Hall–Kier alpha value is -0.420. The second kappa shape index (κ2) is 7.11. The Morgan fingerprint density at radius 3 is 2.65 bits per heavy atom. The van der Waals surface area contributed by atoms with E-state index in [0.29, 0.717) is 6.61 Å². The van der Waals surface area contributed by atoms with Crippen LogP contribution in [0.3, 0.4) is 0 Å². The summed E-state index contributed by atoms with van der Waals surface area (Å²) in [5, 5.41) is 2.09. The van der Waals surface area contributed by atoms with E-state index in [1.807, 2.05) is 6.92 Å². The van der Waals surface area contributed by atoms with Crippen LogP contribution in [0.4, 0.5) is 0 Å². The average Bonchev–Trinajstić information content (AvgIpc) is 2.71. The molecule has 3 unspecified atom stereocenters. The molecule has 0 radical (unpaired) electrons. The zero-order chi connectivity index (χ0) is 12.8. The second-order valence-corrected chi connectivity index (χ2v) is 5.31. The molecule has 1 heterocycles. The average molecular weight is 257 g/mol. The van der Waals surface area contributed by atoms with E-state index in [9.17, 15) is 0 Å². The van der Waals surface area contributed by atoms with Gasteiger partial charge in [-0.25, -0.2) is 0 Å². The van der Waals surface area contributed by atoms with Crippen molar-refractivity contribution in [3.05, 3.63) is 21.9 Å². The van der Waals surface area contributed by atoms with E-state index in [-0.39, 0.29) is 18.2 Å². The van der Waals surface area contributed by atoms with E-state index in [0.717, 1.165) is 6.42 Å². The molecule has 2 N–H and O–H groups in total. The van der Waals surface area contributed by atoms with E-state index in [1.165, 1.54) is 10.4 Å². The van der Waals surface area contributed by atoms with Crippen LogP contribution in [0.15, 0.2) is 11.4 Å². The first-order valence-electron chi connectivity index (χ1n) is 6.04. The fraction of sp³-hybridized carbons (Fsp3) is 0.692. The number of hydrogen-bond donors (Lipinski definition) is 1. The first-order valence-corrected chi connectivity index (χ1v) is 6.92. The molecular weight excluding hydrogens is 234 g/mol. The van der Waals surface area contributed by atoms with Crippen LogP contribution in [0.1, 0.15) is 36.8 Å². The molecule has 3 nitrogen and oxygen atoms in total. The van der Waals surface area contributed by atoms with E-state index >= 15 is 0 Å². The number of hydrogen-bond acceptors (Lipinski definition) is 4. The maximum Gasteiger partial charge on any atom is 0.107 e. The minimum absolute atomic E-state index is 0.0230. The van der Waals surface area contributed by atoms with Gasteiger partial charge >= 0.3 is 0 Å². The minimum Gasteiger partial charge on any atom is -0.382 e. The molecular formula is C13H23NO2S. The first-order chi connectivity index (χ1) is 8.10. The van der Waals surface area contributed by atoms with Crippen molar-refractivity contribution in [2.75, 3.05) is 13.7 Å². The molecule has 17 heavy (non-hydrogen) atoms. The van der Waals surface area contributed by atoms with Gasteiger partial charge in [0.25, 0.3) is 0 Å². The van der Waals surface area contributed by atoms with Gasteiger partial charge in [-0.1, -0.05) is 6.92 Å². The quantitative estimate of drug-likeness (QED) is 0.817. The lowest BCUT2D eigenvalue weighted by Crippen LogP contribution is -2.32. The van der Waals surface area contributed by atoms with Gasteiger partial charge in [0.1, 0.15) is 6.10 Å². The summed E-state index contributed by atoms with van der Waals surface area (Å²) < 4.78 is 11.1. The fourth-order valence-electron chi connectivity index (χ4n) is 1.77. The summed E-state index contributed by atoms with van der Waals surface area (Å²) >= 11 is 1.72. The van der Waals surface area contributed by atoms with Crippen LogP contribution in [-0.2, 0) is 9.47 Å². The topological polar surface area (TPSA) is 44.5 Å². The maximum atomic E-state index is 6.16. The largest absolute Gasteiger partial charge is 0.382 e. The fourth-order valence-corrected chi connectivity index (χ4v) is 2.81. The molecule has 0 fully saturated rings. The van der Waals surface area contributed by atoms with Crippen molar-refractivity contribution in [1.82, 2.24) is 0 Å². The van der Waals surface area contributed by atoms with Crippen LogP contribution in [0, 0.1) is 6.92 Å². The van der Waals surface area contributed by atoms with Crippen molar-refractivity contribution in [2.24, 2.45) is 5.73 Å². The molecule has 0 amide bonds. The summed E-state index contributed by atoms with van der Waals surface area (Å²) in [6, 6.07) is 2.14. The molecule has 0 aliphatic rings. The van der Waals surface area contributed by atoms with Gasteiger partial charge in [-0.3, -0.25) is 0 Å². The molecule has 0 bridgehead atoms. The zero-order valence-corrected chi connectivity index (χ0v) is 11.9. The first kappa shape index (κ1) is 14.6. The number of thiophene rings is 1. The highest BCUT2D eigenvalue weighted by Crippen LogP contribution is 2.30. The Bertz CT molecular complexity index is 327. The van der Waals surface area contributed by atoms with Crippen molar-refractivity contribution in [2.45, 2.75) is 45.4 Å². The van der Waals surface area contributed by atoms with Gasteiger partial charge in [-0.2, -0.15) is 0 Å². The number of aryl methyl sites for hydroxylation is 1. The molecule has 3 atom stereocenters. The Morgan fingerprint density at radius 2 is 2.18 bits per heavy atom. The highest BCUT2D eigenvalue weighted by molar-refractivity contribution is 7.10. The molecule has 4 heteroatoms. The van der Waals surface area contributed by atoms with Crippen LogP contribution < -0.4 is 5.73 Å². The van der Waals surface area contributed by atoms with Crippen molar-refractivity contribution in [3.8, 4) is 0 Å². The van der Waals surface area contributed by atoms with Gasteiger partial charge in [-0.15, -0.1) is 11.3 Å². The standard InChI is InChI=1S/C13H23NO2S/c1-5-11(14)12(16-10(3)8-15-4)13-9(2)6-7-17-13/h6-7,10-12H,5,8,14H2,1-4H3. The molecule has 98 valence electrons. The zero-order valence-electron chi connectivity index (χ0n) is 11.1. The summed E-state index contributed by atoms with van der Waals surface area (Å²) in [4.78, 5) is 1.24. The highest BCUT2D eigenvalue weighted by Gasteiger charge is 2.24. The smallest absolute Gasteiger partial charge is 0.107 e. The van der Waals surface area contributed by atoms with E-state index in [4.69, 9.17) is 15.2 Å². The minimum atomic E-state index is -0.0230. The predicted octanol–water partition coefficient (Wildman–Crippen LogP) is 2.89. The van der Waals surface area contributed by atoms with E-state index in [1.54, 1.807) is 18.4 Å². The maximum absolute atomic E-state index is 6.16. The van der Waals surface area contributed by atoms with Crippen LogP contribution in [0.25, 0.3) is 0 Å². The van der Waals surface area contributed by atoms with Gasteiger partial charge in [0, 0.05) is 18.0 Å². The normalized spacial score (nSPS) is 16.8. The summed E-state index contributed by atoms with van der Waals surface area (Å²) in [5.74, 6) is 0. The number of rotatable bonds is 7. The Labute approximate surface area is 108 Å². The monoisotopic (exact) mass is 257 g/mol. The summed E-state index contributed by atoms with van der Waals surface area (Å²) in [5.41, 5.74) is 7.42. The summed E-state index contributed by atoms with van der Waals surface area (Å²) in [6.07, 6.45) is 0.941. The van der Waals surface area contributed by atoms with Gasteiger partial charge < -0.3 is 15.2 Å². The molecule has 1 rings (SSSR count). The Kier molecular flexibility index (Phi) is 6.12. The van der Waals surface area contributed by atoms with Crippen LogP contribution in [-0.4, -0.2) is 25.9 Å². The Morgan fingerprint density at radius 1 is 1.47 bits per heavy atom. The molecule has 0 aromatic carbocycles. The molecule has 0 saturated carbocycles. The molecule has 0 aliphatic heterocycles. The van der Waals surface area contributed by atoms with E-state index in [2.05, 4.69) is 25.3 Å². The van der Waals surface area contributed by atoms with Crippen LogP contribution in [0.2, 0.25) is 0 Å². The van der Waals surface area contributed by atoms with Gasteiger partial charge in [0.05, 0.1) is 12.7 Å². The molecule has 0 spiro atoms. The Balaban J connectivity index is 2.78. The molecule has 1 aromatic heterocycles. The summed E-state index contributed by atoms with van der Waals surface area (Å²) in [6.45, 7) is 6.80. The van der Waals surface area contributed by atoms with Crippen molar-refractivity contribution in [3.63, 3.8) is 0 Å². The number of methoxy groups -OCH3 is 1. The van der Waals surface area contributed by atoms with E-state index < -0.39 is 0 Å². The molecule has 0 saturated heterocycles. The van der Waals surface area contributed by atoms with Gasteiger partial charge in [0.2, 0.25) is 0 Å². The van der Waals surface area contributed by atoms with Crippen molar-refractivity contribution >= 4 is 11.3 Å². The predicted molar refractivity (Wildman–Crippen MR) is 72.5 cm³/mol. The van der Waals surface area contributed by atoms with Crippen molar-refractivity contribution in [1.29, 1.82) is 0 Å². The van der Waals surface area contributed by atoms with Gasteiger partial charge in [-0.05, 0) is 37.3 Å². The SMILES string of the molecule is CCC(N)C(OC(C)COC)c1sccc1C. The number of ether oxygens (including phenoxy) is 2. The second-order valence-electron chi connectivity index (χ2n) is 4.36. The lowest BCUT2D eigenvalue weighted by molar-refractivity contribution is -0.0494. The summed E-state index contributed by atoms with van der Waals surface area (Å²) in [7, 11) is 1.69. The third-order valence-electron chi connectivity index (χ3n) is 2.80. The highest BCUT2D eigenvalue weighted by atomic mass is 32.1. The van der Waals surface area contributed by atoms with Crippen LogP contribution in [0.5, 0.6) is 0 Å². The molecule has 0 aliphatic carbocycles. The number of nitrogens with two attached hydrogens (primary N) is 1. The lowest BCUT2D eigenvalue weighted by atomic mass is 10.1. The van der Waals surface area contributed by atoms with Crippen LogP contribution >= 0.6 is 11.3 Å².